The van der Waals surface area contributed by atoms with Gasteiger partial charge in [0.2, 0.25) is 16.0 Å². The van der Waals surface area contributed by atoms with E-state index >= 15 is 0 Å². The molecular weight excluding hydrogens is 340 g/mol. The van der Waals surface area contributed by atoms with Gasteiger partial charge < -0.3 is 11.1 Å². The Kier molecular flexibility index (Phi) is 5.16. The monoisotopic (exact) mass is 362 g/mol. The highest BCUT2D eigenvalue weighted by Crippen LogP contribution is 2.17. The highest BCUT2D eigenvalue weighted by atomic mass is 32.2. The van der Waals surface area contributed by atoms with Gasteiger partial charge in [-0.25, -0.2) is 13.4 Å². The Balaban J connectivity index is 1.61. The van der Waals surface area contributed by atoms with Gasteiger partial charge in [-0.1, -0.05) is 12.1 Å². The van der Waals surface area contributed by atoms with E-state index in [0.29, 0.717) is 24.9 Å². The van der Waals surface area contributed by atoms with Crippen LogP contribution in [0.3, 0.4) is 0 Å². The Morgan fingerprint density at radius 1 is 1.20 bits per heavy atom. The normalized spacial score (nSPS) is 16.7. The Morgan fingerprint density at radius 2 is 1.96 bits per heavy atom. The molecule has 1 aromatic heterocycles. The lowest BCUT2D eigenvalue weighted by Gasteiger charge is -2.33. The van der Waals surface area contributed by atoms with Crippen molar-refractivity contribution in [2.24, 2.45) is 0 Å². The molecule has 8 nitrogen and oxygen atoms in total. The third kappa shape index (κ3) is 4.88. The summed E-state index contributed by atoms with van der Waals surface area (Å²) >= 11 is 0. The van der Waals surface area contributed by atoms with Crippen LogP contribution < -0.4 is 11.1 Å². The predicted molar refractivity (Wildman–Crippen MR) is 97.9 cm³/mol. The summed E-state index contributed by atoms with van der Waals surface area (Å²) in [4.78, 5) is 10.5. The first-order valence-electron chi connectivity index (χ1n) is 8.02. The van der Waals surface area contributed by atoms with E-state index in [-0.39, 0.29) is 0 Å². The molecule has 1 aliphatic rings. The molecule has 0 amide bonds. The number of sulfonamides is 1. The van der Waals surface area contributed by atoms with Crippen LogP contribution in [0.5, 0.6) is 0 Å². The molecule has 134 valence electrons. The van der Waals surface area contributed by atoms with Gasteiger partial charge in [0.05, 0.1) is 6.26 Å². The molecule has 1 saturated heterocycles. The van der Waals surface area contributed by atoms with Gasteiger partial charge in [-0.05, 0) is 23.8 Å². The molecule has 0 saturated carbocycles. The molecule has 0 atom stereocenters. The van der Waals surface area contributed by atoms with Crippen molar-refractivity contribution in [2.75, 3.05) is 43.5 Å². The van der Waals surface area contributed by atoms with Crippen LogP contribution in [0.15, 0.2) is 36.5 Å². The van der Waals surface area contributed by atoms with Crippen LogP contribution in [0.1, 0.15) is 5.56 Å². The molecule has 1 aromatic carbocycles. The van der Waals surface area contributed by atoms with Crippen molar-refractivity contribution in [1.82, 2.24) is 19.2 Å². The van der Waals surface area contributed by atoms with Crippen molar-refractivity contribution >= 4 is 27.5 Å². The zero-order valence-corrected chi connectivity index (χ0v) is 14.9. The first-order valence-corrected chi connectivity index (χ1v) is 9.87. The standard InChI is InChI=1S/C16H22N6O2S/c1-25(23,24)22-9-7-21(8-10-22)12-13-3-2-4-14(11-13)19-16-18-6-5-15(17)20-16/h2-6,11H,7-10,12H2,1H3,(H3,17,18,19,20). The molecule has 9 heteroatoms. The maximum atomic E-state index is 11.6. The molecular formula is C16H22N6O2S. The van der Waals surface area contributed by atoms with E-state index in [0.717, 1.165) is 30.9 Å². The van der Waals surface area contributed by atoms with Crippen LogP contribution >= 0.6 is 0 Å². The van der Waals surface area contributed by atoms with Crippen LogP contribution in [-0.4, -0.2) is 60.0 Å². The topological polar surface area (TPSA) is 104 Å². The van der Waals surface area contributed by atoms with Gasteiger partial charge in [-0.2, -0.15) is 9.29 Å². The third-order valence-corrected chi connectivity index (χ3v) is 5.37. The molecule has 0 aliphatic carbocycles. The minimum absolute atomic E-state index is 0.414. The smallest absolute Gasteiger partial charge is 0.229 e. The van der Waals surface area contributed by atoms with Gasteiger partial charge in [0.1, 0.15) is 5.82 Å². The van der Waals surface area contributed by atoms with Crippen molar-refractivity contribution in [3.8, 4) is 0 Å². The second-order valence-corrected chi connectivity index (χ2v) is 8.05. The average Bonchev–Trinajstić information content (AvgIpc) is 2.55. The second kappa shape index (κ2) is 7.34. The lowest BCUT2D eigenvalue weighted by molar-refractivity contribution is 0.182. The van der Waals surface area contributed by atoms with E-state index in [2.05, 4.69) is 20.2 Å². The molecule has 25 heavy (non-hydrogen) atoms. The number of rotatable bonds is 5. The van der Waals surface area contributed by atoms with E-state index in [4.69, 9.17) is 5.73 Å². The number of hydrogen-bond acceptors (Lipinski definition) is 7. The fourth-order valence-electron chi connectivity index (χ4n) is 2.79. The Labute approximate surface area is 147 Å². The number of nitrogen functional groups attached to an aromatic ring is 1. The van der Waals surface area contributed by atoms with Crippen molar-refractivity contribution in [2.45, 2.75) is 6.54 Å². The fraction of sp³-hybridized carbons (Fsp3) is 0.375. The van der Waals surface area contributed by atoms with E-state index in [1.165, 1.54) is 10.6 Å². The predicted octanol–water partition coefficient (Wildman–Crippen LogP) is 0.880. The molecule has 3 N–H and O–H groups in total. The van der Waals surface area contributed by atoms with E-state index in [9.17, 15) is 8.42 Å². The van der Waals surface area contributed by atoms with E-state index in [1.54, 1.807) is 12.3 Å². The fourth-order valence-corrected chi connectivity index (χ4v) is 3.61. The number of piperazine rings is 1. The summed E-state index contributed by atoms with van der Waals surface area (Å²) in [5.74, 6) is 0.872. The van der Waals surface area contributed by atoms with Crippen molar-refractivity contribution in [1.29, 1.82) is 0 Å². The Morgan fingerprint density at radius 3 is 2.64 bits per heavy atom. The zero-order valence-electron chi connectivity index (χ0n) is 14.1. The van der Waals surface area contributed by atoms with Crippen molar-refractivity contribution in [3.63, 3.8) is 0 Å². The molecule has 1 fully saturated rings. The number of nitrogens with one attached hydrogen (secondary N) is 1. The molecule has 2 heterocycles. The lowest BCUT2D eigenvalue weighted by atomic mass is 10.2. The maximum Gasteiger partial charge on any atom is 0.229 e. The first-order chi connectivity index (χ1) is 11.9. The number of benzene rings is 1. The third-order valence-electron chi connectivity index (χ3n) is 4.07. The van der Waals surface area contributed by atoms with Crippen LogP contribution in [0.4, 0.5) is 17.5 Å². The SMILES string of the molecule is CS(=O)(=O)N1CCN(Cc2cccc(Nc3nccc(N)n3)c2)CC1. The minimum Gasteiger partial charge on any atom is -0.384 e. The molecule has 2 aromatic rings. The number of aromatic nitrogens is 2. The largest absolute Gasteiger partial charge is 0.384 e. The molecule has 0 radical (unpaired) electrons. The van der Waals surface area contributed by atoms with Gasteiger partial charge in [-0.3, -0.25) is 4.90 Å². The van der Waals surface area contributed by atoms with Crippen LogP contribution in [0.2, 0.25) is 0 Å². The van der Waals surface area contributed by atoms with E-state index in [1.807, 2.05) is 24.3 Å². The summed E-state index contributed by atoms with van der Waals surface area (Å²) in [7, 11) is -3.09. The molecule has 0 bridgehead atoms. The Hall–Kier alpha value is -2.23. The Bertz CT molecular complexity index is 834. The quantitative estimate of drug-likeness (QED) is 0.813. The first kappa shape index (κ1) is 17.6. The van der Waals surface area contributed by atoms with Crippen LogP contribution in [-0.2, 0) is 16.6 Å². The zero-order chi connectivity index (χ0) is 17.9. The van der Waals surface area contributed by atoms with Crippen LogP contribution in [0, 0.1) is 0 Å². The maximum absolute atomic E-state index is 11.6. The molecule has 1 aliphatic heterocycles. The van der Waals surface area contributed by atoms with Crippen molar-refractivity contribution < 1.29 is 8.42 Å². The summed E-state index contributed by atoms with van der Waals surface area (Å²) in [6.07, 6.45) is 2.87. The number of nitrogens with two attached hydrogens (primary N) is 1. The summed E-state index contributed by atoms with van der Waals surface area (Å²) < 4.78 is 24.7. The van der Waals surface area contributed by atoms with Crippen LogP contribution in [0.25, 0.3) is 0 Å². The number of anilines is 3. The van der Waals surface area contributed by atoms with Gasteiger partial charge in [0, 0.05) is 44.6 Å². The lowest BCUT2D eigenvalue weighted by Crippen LogP contribution is -2.47. The second-order valence-electron chi connectivity index (χ2n) is 6.07. The van der Waals surface area contributed by atoms with Crippen molar-refractivity contribution in [3.05, 3.63) is 42.1 Å². The summed E-state index contributed by atoms with van der Waals surface area (Å²) in [6.45, 7) is 3.29. The van der Waals surface area contributed by atoms with Gasteiger partial charge in [0.25, 0.3) is 0 Å². The number of hydrogen-bond donors (Lipinski definition) is 2. The summed E-state index contributed by atoms with van der Waals surface area (Å²) in [5.41, 5.74) is 7.69. The van der Waals surface area contributed by atoms with E-state index < -0.39 is 10.0 Å². The molecule has 3 rings (SSSR count). The average molecular weight is 362 g/mol. The highest BCUT2D eigenvalue weighted by Gasteiger charge is 2.23. The summed E-state index contributed by atoms with van der Waals surface area (Å²) in [6, 6.07) is 9.63. The summed E-state index contributed by atoms with van der Waals surface area (Å²) in [5, 5.41) is 3.14. The molecule has 0 spiro atoms. The minimum atomic E-state index is -3.09. The van der Waals surface area contributed by atoms with Gasteiger partial charge in [0.15, 0.2) is 0 Å². The van der Waals surface area contributed by atoms with Gasteiger partial charge >= 0.3 is 0 Å². The van der Waals surface area contributed by atoms with Gasteiger partial charge in [-0.15, -0.1) is 0 Å². The number of nitrogens with zero attached hydrogens (tertiary/aromatic N) is 4. The highest BCUT2D eigenvalue weighted by molar-refractivity contribution is 7.88. The molecule has 0 unspecified atom stereocenters.